The topological polar surface area (TPSA) is 147 Å². The van der Waals surface area contributed by atoms with Crippen molar-refractivity contribution < 1.29 is 44.4 Å². The van der Waals surface area contributed by atoms with Gasteiger partial charge in [-0.2, -0.15) is 21.4 Å². The molecule has 0 bridgehead atoms. The smallest absolute Gasteiger partial charge is 0.379 e. The van der Waals surface area contributed by atoms with Crippen molar-refractivity contribution in [3.05, 3.63) is 78.5 Å². The lowest BCUT2D eigenvalue weighted by atomic mass is 10.0. The van der Waals surface area contributed by atoms with Crippen molar-refractivity contribution in [1.82, 2.24) is 0 Å². The van der Waals surface area contributed by atoms with E-state index in [0.29, 0.717) is 54.8 Å². The molecular weight excluding hydrogens is 596 g/mol. The van der Waals surface area contributed by atoms with E-state index in [-0.39, 0.29) is 24.3 Å². The highest BCUT2D eigenvalue weighted by Gasteiger charge is 2.30. The van der Waals surface area contributed by atoms with Gasteiger partial charge in [-0.05, 0) is 54.7 Å². The van der Waals surface area contributed by atoms with E-state index in [2.05, 4.69) is 0 Å². The van der Waals surface area contributed by atoms with Crippen molar-refractivity contribution >= 4 is 43.1 Å². The van der Waals surface area contributed by atoms with Crippen LogP contribution in [0.2, 0.25) is 0 Å². The Balaban J connectivity index is 1.51. The fourth-order valence-corrected chi connectivity index (χ4v) is 6.15. The molecule has 3 aromatic carbocycles. The Hall–Kier alpha value is -3.91. The average molecular weight is 630 g/mol. The summed E-state index contributed by atoms with van der Waals surface area (Å²) < 4.78 is 83.2. The summed E-state index contributed by atoms with van der Waals surface area (Å²) in [5.41, 5.74) is 4.14. The number of aryl methyl sites for hydroxylation is 1. The number of oxazole rings is 1. The molecule has 4 aromatic rings. The average Bonchev–Trinajstić information content (AvgIpc) is 3.48. The number of aromatic nitrogens is 1. The predicted molar refractivity (Wildman–Crippen MR) is 162 cm³/mol. The number of ether oxygens (including phenoxy) is 2. The number of hydrogen-bond donors (Lipinski definition) is 2. The van der Waals surface area contributed by atoms with Crippen molar-refractivity contribution in [2.45, 2.75) is 32.2 Å². The van der Waals surface area contributed by atoms with Crippen molar-refractivity contribution in [2.24, 2.45) is 0 Å². The lowest BCUT2D eigenvalue weighted by Gasteiger charge is -2.18. The molecule has 0 aliphatic carbocycles. The van der Waals surface area contributed by atoms with Gasteiger partial charge in [0.25, 0.3) is 25.8 Å². The molecule has 0 saturated heterocycles. The van der Waals surface area contributed by atoms with Gasteiger partial charge in [-0.15, -0.1) is 0 Å². The molecule has 13 heteroatoms. The summed E-state index contributed by atoms with van der Waals surface area (Å²) in [6.07, 6.45) is 3.17. The van der Waals surface area contributed by atoms with Gasteiger partial charge in [0.05, 0.1) is 30.4 Å². The minimum absolute atomic E-state index is 0.253. The van der Waals surface area contributed by atoms with Crippen molar-refractivity contribution in [3.63, 3.8) is 0 Å². The van der Waals surface area contributed by atoms with Crippen LogP contribution in [0.15, 0.2) is 77.0 Å². The maximum atomic E-state index is 11.3. The zero-order valence-electron chi connectivity index (χ0n) is 23.5. The molecule has 0 fully saturated rings. The highest BCUT2D eigenvalue weighted by atomic mass is 32.2. The molecule has 1 aliphatic rings. The maximum Gasteiger partial charge on any atom is 0.379 e. The zero-order chi connectivity index (χ0) is 30.6. The Morgan fingerprint density at radius 3 is 2.28 bits per heavy atom. The van der Waals surface area contributed by atoms with Crippen LogP contribution in [0.5, 0.6) is 11.5 Å². The SMILES string of the molecule is COc1ccc2oc(/C=C3\Oc4ccc(-c5ccccc5)cc4N3CCCCS(=O)(=O)O)[n+](CCCCS(=O)(=O)O)c2c1. The van der Waals surface area contributed by atoms with E-state index < -0.39 is 20.2 Å². The van der Waals surface area contributed by atoms with Gasteiger partial charge in [-0.1, -0.05) is 36.4 Å². The number of methoxy groups -OCH3 is 1. The highest BCUT2D eigenvalue weighted by molar-refractivity contribution is 7.86. The predicted octanol–water partition coefficient (Wildman–Crippen LogP) is 4.93. The van der Waals surface area contributed by atoms with Gasteiger partial charge in [0.1, 0.15) is 11.8 Å². The van der Waals surface area contributed by atoms with Gasteiger partial charge < -0.3 is 18.8 Å². The van der Waals surface area contributed by atoms with Crippen LogP contribution in [0.1, 0.15) is 31.6 Å². The number of benzene rings is 3. The summed E-state index contributed by atoms with van der Waals surface area (Å²) >= 11 is 0. The van der Waals surface area contributed by atoms with Crippen LogP contribution in [-0.2, 0) is 26.8 Å². The van der Waals surface area contributed by atoms with Crippen LogP contribution >= 0.6 is 0 Å². The molecule has 1 aliphatic heterocycles. The monoisotopic (exact) mass is 629 g/mol. The van der Waals surface area contributed by atoms with Crippen LogP contribution in [-0.4, -0.2) is 51.1 Å². The zero-order valence-corrected chi connectivity index (χ0v) is 25.2. The van der Waals surface area contributed by atoms with Crippen LogP contribution in [0.4, 0.5) is 5.69 Å². The number of anilines is 1. The Labute approximate surface area is 250 Å². The fourth-order valence-electron chi connectivity index (χ4n) is 5.01. The van der Waals surface area contributed by atoms with E-state index in [1.807, 2.05) is 64.1 Å². The minimum Gasteiger partial charge on any atom is -0.497 e. The number of rotatable bonds is 13. The first kappa shape index (κ1) is 30.5. The summed E-state index contributed by atoms with van der Waals surface area (Å²) in [4.78, 5) is 1.95. The molecule has 2 heterocycles. The van der Waals surface area contributed by atoms with E-state index in [0.717, 1.165) is 22.3 Å². The second-order valence-corrected chi connectivity index (χ2v) is 13.3. The van der Waals surface area contributed by atoms with Gasteiger partial charge in [-0.25, -0.2) is 0 Å². The molecule has 43 heavy (non-hydrogen) atoms. The number of unbranched alkanes of at least 4 members (excludes halogenated alkanes) is 2. The molecule has 0 spiro atoms. The summed E-state index contributed by atoms with van der Waals surface area (Å²) in [6, 6.07) is 21.2. The van der Waals surface area contributed by atoms with E-state index in [1.165, 1.54) is 0 Å². The second-order valence-electron chi connectivity index (χ2n) is 10.2. The third-order valence-corrected chi connectivity index (χ3v) is 8.70. The molecule has 0 atom stereocenters. The molecule has 1 aromatic heterocycles. The first-order valence-electron chi connectivity index (χ1n) is 13.8. The van der Waals surface area contributed by atoms with E-state index in [4.69, 9.17) is 18.4 Å². The maximum absolute atomic E-state index is 11.3. The largest absolute Gasteiger partial charge is 0.497 e. The van der Waals surface area contributed by atoms with Crippen LogP contribution in [0.25, 0.3) is 28.3 Å². The third kappa shape index (κ3) is 7.73. The van der Waals surface area contributed by atoms with Crippen LogP contribution < -0.4 is 18.9 Å². The summed E-state index contributed by atoms with van der Waals surface area (Å²) in [5.74, 6) is 1.47. The summed E-state index contributed by atoms with van der Waals surface area (Å²) in [5, 5.41) is 0. The first-order chi connectivity index (χ1) is 20.5. The van der Waals surface area contributed by atoms with Gasteiger partial charge in [-0.3, -0.25) is 9.11 Å². The van der Waals surface area contributed by atoms with Crippen LogP contribution in [0, 0.1) is 0 Å². The first-order valence-corrected chi connectivity index (χ1v) is 17.0. The van der Waals surface area contributed by atoms with Crippen molar-refractivity contribution in [2.75, 3.05) is 30.1 Å². The summed E-state index contributed by atoms with van der Waals surface area (Å²) in [6.45, 7) is 0.809. The van der Waals surface area contributed by atoms with Gasteiger partial charge >= 0.3 is 5.89 Å². The Morgan fingerprint density at radius 2 is 1.58 bits per heavy atom. The second kappa shape index (κ2) is 12.8. The van der Waals surface area contributed by atoms with Crippen molar-refractivity contribution in [3.8, 4) is 22.6 Å². The molecular formula is C30H33N2O9S2+. The highest BCUT2D eigenvalue weighted by Crippen LogP contribution is 2.42. The standard InChI is InChI=1S/C30H32N2O9S2/c1-39-24-12-14-28-26(20-24)32(16-6-8-18-43(36,37)38)30(41-28)21-29-31(15-5-7-17-42(33,34)35)25-19-23(11-13-27(25)40-29)22-9-3-2-4-10-22/h2-4,9-14,19-21H,5-8,15-18H2,1H3,(H-,33,34,35,36,37,38)/p+1. The number of nitrogens with zero attached hydrogens (tertiary/aromatic N) is 2. The molecule has 11 nitrogen and oxygen atoms in total. The van der Waals surface area contributed by atoms with Crippen LogP contribution in [0.3, 0.4) is 0 Å². The Morgan fingerprint density at radius 1 is 0.860 bits per heavy atom. The quantitative estimate of drug-likeness (QED) is 0.119. The Kier molecular flexibility index (Phi) is 9.06. The molecule has 0 saturated carbocycles. The molecule has 0 amide bonds. The molecule has 5 rings (SSSR count). The van der Waals surface area contributed by atoms with Crippen molar-refractivity contribution in [1.29, 1.82) is 0 Å². The Bertz CT molecular complexity index is 1850. The molecule has 2 N–H and O–H groups in total. The normalized spacial score (nSPS) is 14.3. The molecule has 0 unspecified atom stereocenters. The van der Waals surface area contributed by atoms with Gasteiger partial charge in [0.2, 0.25) is 11.5 Å². The van der Waals surface area contributed by atoms with E-state index in [1.54, 1.807) is 25.3 Å². The molecule has 228 valence electrons. The molecule has 0 radical (unpaired) electrons. The van der Waals surface area contributed by atoms with Gasteiger partial charge in [0, 0.05) is 13.0 Å². The van der Waals surface area contributed by atoms with Gasteiger partial charge in [0.15, 0.2) is 12.3 Å². The number of fused-ring (bicyclic) bond motifs is 2. The lowest BCUT2D eigenvalue weighted by Crippen LogP contribution is -2.36. The lowest BCUT2D eigenvalue weighted by molar-refractivity contribution is -0.678. The van der Waals surface area contributed by atoms with E-state index in [9.17, 15) is 21.4 Å². The number of hydrogen-bond acceptors (Lipinski definition) is 8. The van der Waals surface area contributed by atoms with E-state index >= 15 is 0 Å². The summed E-state index contributed by atoms with van der Waals surface area (Å²) in [7, 11) is -6.59. The third-order valence-electron chi connectivity index (χ3n) is 7.09. The minimum atomic E-state index is -4.08. The fraction of sp³-hybridized carbons (Fsp3) is 0.300.